The molecule has 2 amide bonds. The smallest absolute Gasteiger partial charge is 0.253 e. The molecule has 0 atom stereocenters. The molecule has 1 aromatic carbocycles. The molecule has 4 nitrogen and oxygen atoms in total. The van der Waals surface area contributed by atoms with Crippen molar-refractivity contribution in [2.24, 2.45) is 0 Å². The Kier molecular flexibility index (Phi) is 13.4. The molecule has 0 spiro atoms. The molecular weight excluding hydrogens is 396 g/mol. The van der Waals surface area contributed by atoms with E-state index in [1.165, 1.54) is 0 Å². The van der Waals surface area contributed by atoms with E-state index in [2.05, 4.69) is 40.9 Å². The van der Waals surface area contributed by atoms with Crippen molar-refractivity contribution in [3.05, 3.63) is 48.6 Å². The first-order valence-electron chi connectivity index (χ1n) is 12.5. The Balaban J connectivity index is 2.90. The maximum absolute atomic E-state index is 13.0. The summed E-state index contributed by atoms with van der Waals surface area (Å²) >= 11 is 0. The van der Waals surface area contributed by atoms with Crippen molar-refractivity contribution in [1.29, 1.82) is 0 Å². The van der Waals surface area contributed by atoms with Gasteiger partial charge >= 0.3 is 0 Å². The highest BCUT2D eigenvalue weighted by Gasteiger charge is 2.20. The summed E-state index contributed by atoms with van der Waals surface area (Å²) in [4.78, 5) is 29.9. The van der Waals surface area contributed by atoms with Crippen LogP contribution in [0.5, 0.6) is 0 Å². The van der Waals surface area contributed by atoms with Gasteiger partial charge in [-0.3, -0.25) is 9.59 Å². The van der Waals surface area contributed by atoms with Gasteiger partial charge in [-0.05, 0) is 36.8 Å². The SMILES string of the molecule is C=C(C(=O)N(CCCC)CCCC)c1ccc(C(=C)C(=O)N(CCCC)CCCC)cc1. The Hall–Kier alpha value is -2.36. The van der Waals surface area contributed by atoms with Gasteiger partial charge in [0.2, 0.25) is 0 Å². The first kappa shape index (κ1) is 27.7. The lowest BCUT2D eigenvalue weighted by atomic mass is 10.00. The number of nitrogens with zero attached hydrogens (tertiary/aromatic N) is 2. The minimum atomic E-state index is -0.000130. The van der Waals surface area contributed by atoms with Gasteiger partial charge in [-0.15, -0.1) is 0 Å². The molecule has 1 aromatic rings. The summed E-state index contributed by atoms with van der Waals surface area (Å²) in [5.74, 6) is -0.000261. The van der Waals surface area contributed by atoms with Gasteiger partial charge in [-0.2, -0.15) is 0 Å². The van der Waals surface area contributed by atoms with Crippen LogP contribution in [0.1, 0.15) is 90.2 Å². The van der Waals surface area contributed by atoms with E-state index in [0.29, 0.717) is 11.1 Å². The number of unbranched alkanes of at least 4 members (excludes halogenated alkanes) is 4. The number of rotatable bonds is 16. The molecule has 0 unspecified atom stereocenters. The molecule has 4 heteroatoms. The van der Waals surface area contributed by atoms with Gasteiger partial charge in [0.1, 0.15) is 0 Å². The first-order valence-corrected chi connectivity index (χ1v) is 12.5. The molecule has 0 fully saturated rings. The summed E-state index contributed by atoms with van der Waals surface area (Å²) in [6.07, 6.45) is 8.21. The van der Waals surface area contributed by atoms with Crippen molar-refractivity contribution in [2.75, 3.05) is 26.2 Å². The zero-order chi connectivity index (χ0) is 23.9. The highest BCUT2D eigenvalue weighted by Crippen LogP contribution is 2.22. The second kappa shape index (κ2) is 15.4. The number of benzene rings is 1. The van der Waals surface area contributed by atoms with E-state index in [4.69, 9.17) is 0 Å². The third-order valence-electron chi connectivity index (χ3n) is 5.80. The molecule has 0 saturated carbocycles. The van der Waals surface area contributed by atoms with Crippen molar-refractivity contribution < 1.29 is 9.59 Å². The van der Waals surface area contributed by atoms with E-state index in [9.17, 15) is 9.59 Å². The van der Waals surface area contributed by atoms with Crippen molar-refractivity contribution in [3.63, 3.8) is 0 Å². The van der Waals surface area contributed by atoms with Gasteiger partial charge in [0.15, 0.2) is 0 Å². The molecule has 0 heterocycles. The molecule has 0 bridgehead atoms. The topological polar surface area (TPSA) is 40.6 Å². The fourth-order valence-corrected chi connectivity index (χ4v) is 3.53. The molecule has 0 radical (unpaired) electrons. The van der Waals surface area contributed by atoms with Crippen LogP contribution in [0.25, 0.3) is 11.1 Å². The van der Waals surface area contributed by atoms with Gasteiger partial charge in [0.25, 0.3) is 11.8 Å². The number of amides is 2. The van der Waals surface area contributed by atoms with Crippen molar-refractivity contribution in [2.45, 2.75) is 79.1 Å². The zero-order valence-corrected chi connectivity index (χ0v) is 20.9. The van der Waals surface area contributed by atoms with Crippen LogP contribution in [0.2, 0.25) is 0 Å². The average Bonchev–Trinajstić information content (AvgIpc) is 2.82. The second-order valence-electron chi connectivity index (χ2n) is 8.53. The lowest BCUT2D eigenvalue weighted by Gasteiger charge is -2.24. The molecular formula is C28H44N2O2. The van der Waals surface area contributed by atoms with Crippen LogP contribution in [-0.4, -0.2) is 47.8 Å². The third-order valence-corrected chi connectivity index (χ3v) is 5.80. The van der Waals surface area contributed by atoms with Gasteiger partial charge in [-0.1, -0.05) is 90.8 Å². The van der Waals surface area contributed by atoms with Crippen LogP contribution >= 0.6 is 0 Å². The first-order chi connectivity index (χ1) is 15.4. The highest BCUT2D eigenvalue weighted by atomic mass is 16.2. The molecule has 32 heavy (non-hydrogen) atoms. The lowest BCUT2D eigenvalue weighted by Crippen LogP contribution is -2.33. The summed E-state index contributed by atoms with van der Waals surface area (Å²) in [5, 5.41) is 0. The Morgan fingerprint density at radius 2 is 0.844 bits per heavy atom. The normalized spacial score (nSPS) is 10.6. The Morgan fingerprint density at radius 3 is 1.06 bits per heavy atom. The minimum absolute atomic E-state index is 0.000130. The largest absolute Gasteiger partial charge is 0.339 e. The molecule has 1 rings (SSSR count). The van der Waals surface area contributed by atoms with Crippen LogP contribution in [0, 0.1) is 0 Å². The number of carbonyl (C=O) groups excluding carboxylic acids is 2. The van der Waals surface area contributed by atoms with Crippen molar-refractivity contribution in [3.8, 4) is 0 Å². The van der Waals surface area contributed by atoms with E-state index >= 15 is 0 Å². The number of hydrogen-bond acceptors (Lipinski definition) is 2. The van der Waals surface area contributed by atoms with E-state index < -0.39 is 0 Å². The number of hydrogen-bond donors (Lipinski definition) is 0. The zero-order valence-electron chi connectivity index (χ0n) is 20.9. The highest BCUT2D eigenvalue weighted by molar-refractivity contribution is 6.20. The molecule has 178 valence electrons. The molecule has 0 N–H and O–H groups in total. The fourth-order valence-electron chi connectivity index (χ4n) is 3.53. The molecule has 0 saturated heterocycles. The van der Waals surface area contributed by atoms with E-state index in [1.807, 2.05) is 34.1 Å². The van der Waals surface area contributed by atoms with E-state index in [0.717, 1.165) is 88.7 Å². The molecule has 0 aliphatic heterocycles. The average molecular weight is 441 g/mol. The van der Waals surface area contributed by atoms with Gasteiger partial charge in [0.05, 0.1) is 0 Å². The lowest BCUT2D eigenvalue weighted by molar-refractivity contribution is -0.126. The quantitative estimate of drug-likeness (QED) is 0.273. The minimum Gasteiger partial charge on any atom is -0.339 e. The van der Waals surface area contributed by atoms with Crippen LogP contribution in [0.15, 0.2) is 37.4 Å². The fraction of sp³-hybridized carbons (Fsp3) is 0.571. The number of carbonyl (C=O) groups is 2. The molecule has 0 aromatic heterocycles. The summed E-state index contributed by atoms with van der Waals surface area (Å²) in [5.41, 5.74) is 2.61. The predicted molar refractivity (Wildman–Crippen MR) is 137 cm³/mol. The van der Waals surface area contributed by atoms with Gasteiger partial charge in [-0.25, -0.2) is 0 Å². The van der Waals surface area contributed by atoms with E-state index in [1.54, 1.807) is 0 Å². The Morgan fingerprint density at radius 1 is 0.594 bits per heavy atom. The third kappa shape index (κ3) is 8.64. The van der Waals surface area contributed by atoms with Gasteiger partial charge < -0.3 is 9.80 Å². The Labute approximate surface area is 196 Å². The second-order valence-corrected chi connectivity index (χ2v) is 8.53. The summed E-state index contributed by atoms with van der Waals surface area (Å²) in [6, 6.07) is 7.53. The summed E-state index contributed by atoms with van der Waals surface area (Å²) in [6.45, 7) is 19.8. The van der Waals surface area contributed by atoms with Crippen LogP contribution < -0.4 is 0 Å². The van der Waals surface area contributed by atoms with E-state index in [-0.39, 0.29) is 11.8 Å². The van der Waals surface area contributed by atoms with Crippen molar-refractivity contribution in [1.82, 2.24) is 9.80 Å². The predicted octanol–water partition coefficient (Wildman–Crippen LogP) is 6.57. The van der Waals surface area contributed by atoms with Gasteiger partial charge in [0, 0.05) is 37.3 Å². The maximum Gasteiger partial charge on any atom is 0.253 e. The molecule has 0 aliphatic rings. The standard InChI is InChI=1S/C28H44N2O2/c1-7-11-19-29(20-12-8-2)27(31)23(5)25-15-17-26(18-16-25)24(6)28(32)30(21-13-9-3)22-14-10-4/h15-18H,5-14,19-22H2,1-4H3. The maximum atomic E-state index is 13.0. The van der Waals surface area contributed by atoms with Crippen LogP contribution in [-0.2, 0) is 9.59 Å². The Bertz CT molecular complexity index is 657. The molecule has 0 aliphatic carbocycles. The van der Waals surface area contributed by atoms with Crippen molar-refractivity contribution >= 4 is 23.0 Å². The van der Waals surface area contributed by atoms with Crippen LogP contribution in [0.3, 0.4) is 0 Å². The summed E-state index contributed by atoms with van der Waals surface area (Å²) < 4.78 is 0. The van der Waals surface area contributed by atoms with Crippen LogP contribution in [0.4, 0.5) is 0 Å². The monoisotopic (exact) mass is 440 g/mol. The summed E-state index contributed by atoms with van der Waals surface area (Å²) in [7, 11) is 0.